The summed E-state index contributed by atoms with van der Waals surface area (Å²) < 4.78 is 16.6. The first-order valence-electron chi connectivity index (χ1n) is 12.7. The summed E-state index contributed by atoms with van der Waals surface area (Å²) >= 11 is 0. The summed E-state index contributed by atoms with van der Waals surface area (Å²) in [6, 6.07) is 31.4. The van der Waals surface area contributed by atoms with Crippen molar-refractivity contribution in [2.75, 3.05) is 14.2 Å². The molecule has 0 radical (unpaired) electrons. The number of carbonyl (C=O) groups excluding carboxylic acids is 1. The van der Waals surface area contributed by atoms with Gasteiger partial charge in [-0.1, -0.05) is 80.9 Å². The zero-order valence-corrected chi connectivity index (χ0v) is 21.9. The molecule has 0 saturated heterocycles. The second-order valence-corrected chi connectivity index (χ2v) is 9.32. The van der Waals surface area contributed by atoms with Crippen LogP contribution in [0.1, 0.15) is 53.4 Å². The highest BCUT2D eigenvalue weighted by Crippen LogP contribution is 2.30. The van der Waals surface area contributed by atoms with Crippen molar-refractivity contribution in [2.24, 2.45) is 5.92 Å². The molecule has 1 atom stereocenters. The third-order valence-corrected chi connectivity index (χ3v) is 6.75. The molecule has 4 heteroatoms. The van der Waals surface area contributed by atoms with Crippen molar-refractivity contribution in [2.45, 2.75) is 32.8 Å². The standard InChI is InChI=1S/C33H34O4/c1-5-23(2)22-24-6-8-25(9-7-24)26-10-12-29(13-11-26)33(34)37-32(27-14-18-30(35-3)19-15-27)28-16-20-31(36-4)21-17-28/h6-21,23,32H,5,22H2,1-4H3. The van der Waals surface area contributed by atoms with Gasteiger partial charge in [0.15, 0.2) is 6.10 Å². The van der Waals surface area contributed by atoms with Crippen LogP contribution in [-0.4, -0.2) is 20.2 Å². The number of rotatable bonds is 10. The van der Waals surface area contributed by atoms with Gasteiger partial charge in [-0.05, 0) is 76.6 Å². The molecule has 0 bridgehead atoms. The van der Waals surface area contributed by atoms with Crippen LogP contribution >= 0.6 is 0 Å². The summed E-state index contributed by atoms with van der Waals surface area (Å²) in [6.45, 7) is 4.50. The van der Waals surface area contributed by atoms with Gasteiger partial charge in [0.25, 0.3) is 0 Å². The minimum Gasteiger partial charge on any atom is -0.497 e. The van der Waals surface area contributed by atoms with E-state index in [1.54, 1.807) is 14.2 Å². The average Bonchev–Trinajstić information content (AvgIpc) is 2.96. The maximum absolute atomic E-state index is 13.2. The van der Waals surface area contributed by atoms with Gasteiger partial charge in [-0.2, -0.15) is 0 Å². The molecule has 190 valence electrons. The highest BCUT2D eigenvalue weighted by atomic mass is 16.5. The summed E-state index contributed by atoms with van der Waals surface area (Å²) in [6.07, 6.45) is 1.70. The molecule has 0 aromatic heterocycles. The Balaban J connectivity index is 1.52. The largest absolute Gasteiger partial charge is 0.497 e. The van der Waals surface area contributed by atoms with E-state index in [2.05, 4.69) is 38.1 Å². The normalized spacial score (nSPS) is 11.7. The number of hydrogen-bond donors (Lipinski definition) is 0. The molecule has 0 fully saturated rings. The smallest absolute Gasteiger partial charge is 0.339 e. The van der Waals surface area contributed by atoms with E-state index < -0.39 is 6.10 Å². The predicted octanol–water partition coefficient (Wildman–Crippen LogP) is 7.91. The van der Waals surface area contributed by atoms with Gasteiger partial charge in [0.05, 0.1) is 19.8 Å². The number of benzene rings is 4. The van der Waals surface area contributed by atoms with Gasteiger partial charge < -0.3 is 14.2 Å². The number of methoxy groups -OCH3 is 2. The van der Waals surface area contributed by atoms with Gasteiger partial charge in [0.2, 0.25) is 0 Å². The molecule has 0 heterocycles. The van der Waals surface area contributed by atoms with Gasteiger partial charge in [0.1, 0.15) is 11.5 Å². The van der Waals surface area contributed by atoms with Crippen molar-refractivity contribution in [1.29, 1.82) is 0 Å². The van der Waals surface area contributed by atoms with Crippen LogP contribution < -0.4 is 9.47 Å². The molecule has 1 unspecified atom stereocenters. The van der Waals surface area contributed by atoms with Gasteiger partial charge in [-0.25, -0.2) is 4.79 Å². The Hall–Kier alpha value is -4.05. The van der Waals surface area contributed by atoms with Crippen molar-refractivity contribution in [1.82, 2.24) is 0 Å². The van der Waals surface area contributed by atoms with E-state index in [1.165, 1.54) is 12.0 Å². The van der Waals surface area contributed by atoms with Gasteiger partial charge >= 0.3 is 5.97 Å². The lowest BCUT2D eigenvalue weighted by atomic mass is 9.96. The highest BCUT2D eigenvalue weighted by Gasteiger charge is 2.21. The number of hydrogen-bond acceptors (Lipinski definition) is 4. The fraction of sp³-hybridized carbons (Fsp3) is 0.242. The molecule has 0 saturated carbocycles. The van der Waals surface area contributed by atoms with Crippen LogP contribution in [0.15, 0.2) is 97.1 Å². The average molecular weight is 495 g/mol. The molecule has 0 aliphatic rings. The Morgan fingerprint density at radius 3 is 1.57 bits per heavy atom. The van der Waals surface area contributed by atoms with E-state index in [0.29, 0.717) is 11.5 Å². The fourth-order valence-corrected chi connectivity index (χ4v) is 4.24. The predicted molar refractivity (Wildman–Crippen MR) is 148 cm³/mol. The van der Waals surface area contributed by atoms with E-state index in [-0.39, 0.29) is 5.97 Å². The van der Waals surface area contributed by atoms with Crippen molar-refractivity contribution >= 4 is 5.97 Å². The lowest BCUT2D eigenvalue weighted by Crippen LogP contribution is -2.13. The fourth-order valence-electron chi connectivity index (χ4n) is 4.24. The maximum Gasteiger partial charge on any atom is 0.339 e. The maximum atomic E-state index is 13.2. The summed E-state index contributed by atoms with van der Waals surface area (Å²) in [5, 5.41) is 0. The first kappa shape index (κ1) is 26.0. The van der Waals surface area contributed by atoms with E-state index >= 15 is 0 Å². The lowest BCUT2D eigenvalue weighted by molar-refractivity contribution is 0.0378. The van der Waals surface area contributed by atoms with E-state index in [1.807, 2.05) is 72.8 Å². The molecule has 4 aromatic rings. The first-order valence-corrected chi connectivity index (χ1v) is 12.7. The molecule has 4 nitrogen and oxygen atoms in total. The molecule has 0 aliphatic heterocycles. The summed E-state index contributed by atoms with van der Waals surface area (Å²) in [5.74, 6) is 1.78. The third-order valence-electron chi connectivity index (χ3n) is 6.75. The molecular weight excluding hydrogens is 460 g/mol. The van der Waals surface area contributed by atoms with E-state index in [4.69, 9.17) is 14.2 Å². The molecule has 4 aromatic carbocycles. The summed E-state index contributed by atoms with van der Waals surface area (Å²) in [4.78, 5) is 13.2. The monoisotopic (exact) mass is 494 g/mol. The molecule has 0 aliphatic carbocycles. The minimum atomic E-state index is -0.568. The summed E-state index contributed by atoms with van der Waals surface area (Å²) in [7, 11) is 3.25. The zero-order valence-electron chi connectivity index (χ0n) is 21.9. The van der Waals surface area contributed by atoms with Crippen molar-refractivity contribution in [3.63, 3.8) is 0 Å². The molecule has 4 rings (SSSR count). The Kier molecular flexibility index (Phi) is 8.63. The Morgan fingerprint density at radius 1 is 0.676 bits per heavy atom. The molecule has 0 spiro atoms. The van der Waals surface area contributed by atoms with Crippen molar-refractivity contribution in [3.05, 3.63) is 119 Å². The van der Waals surface area contributed by atoms with Gasteiger partial charge in [-0.3, -0.25) is 0 Å². The van der Waals surface area contributed by atoms with E-state index in [9.17, 15) is 4.79 Å². The minimum absolute atomic E-state index is 0.382. The SMILES string of the molecule is CCC(C)Cc1ccc(-c2ccc(C(=O)OC(c3ccc(OC)cc3)c3ccc(OC)cc3)cc2)cc1. The third kappa shape index (κ3) is 6.59. The quantitative estimate of drug-likeness (QED) is 0.210. The Bertz CT molecular complexity index is 1230. The van der Waals surface area contributed by atoms with Crippen LogP contribution in [-0.2, 0) is 11.2 Å². The topological polar surface area (TPSA) is 44.8 Å². The van der Waals surface area contributed by atoms with Crippen molar-refractivity contribution < 1.29 is 19.0 Å². The van der Waals surface area contributed by atoms with Gasteiger partial charge in [0, 0.05) is 0 Å². The number of ether oxygens (including phenoxy) is 3. The molecule has 0 N–H and O–H groups in total. The summed E-state index contributed by atoms with van der Waals surface area (Å²) in [5.41, 5.74) is 5.75. The van der Waals surface area contributed by atoms with Crippen LogP contribution in [0.25, 0.3) is 11.1 Å². The van der Waals surface area contributed by atoms with Crippen LogP contribution in [0.2, 0.25) is 0 Å². The Morgan fingerprint density at radius 2 is 1.14 bits per heavy atom. The van der Waals surface area contributed by atoms with E-state index in [0.717, 1.165) is 40.2 Å². The lowest BCUT2D eigenvalue weighted by Gasteiger charge is -2.20. The second kappa shape index (κ2) is 12.3. The number of esters is 1. The molecule has 0 amide bonds. The van der Waals surface area contributed by atoms with Crippen LogP contribution in [0.3, 0.4) is 0 Å². The molecular formula is C33H34O4. The first-order chi connectivity index (χ1) is 18.0. The molecule has 37 heavy (non-hydrogen) atoms. The van der Waals surface area contributed by atoms with Crippen LogP contribution in [0, 0.1) is 5.92 Å². The Labute approximate surface area is 219 Å². The second-order valence-electron chi connectivity index (χ2n) is 9.32. The van der Waals surface area contributed by atoms with Crippen LogP contribution in [0.4, 0.5) is 0 Å². The van der Waals surface area contributed by atoms with Crippen molar-refractivity contribution in [3.8, 4) is 22.6 Å². The zero-order chi connectivity index (χ0) is 26.2. The number of carbonyl (C=O) groups is 1. The van der Waals surface area contributed by atoms with Gasteiger partial charge in [-0.15, -0.1) is 0 Å². The highest BCUT2D eigenvalue weighted by molar-refractivity contribution is 5.90. The van der Waals surface area contributed by atoms with Crippen LogP contribution in [0.5, 0.6) is 11.5 Å².